The van der Waals surface area contributed by atoms with Crippen molar-refractivity contribution in [1.82, 2.24) is 5.32 Å². The Morgan fingerprint density at radius 2 is 1.57 bits per heavy atom. The maximum Gasteiger partial charge on any atom is 0.471 e. The smallest absolute Gasteiger partial charge is 0.456 e. The van der Waals surface area contributed by atoms with Crippen LogP contribution in [0.1, 0.15) is 41.6 Å². The monoisotopic (exact) mass is 391 g/mol. The van der Waals surface area contributed by atoms with Crippen LogP contribution >= 0.6 is 0 Å². The lowest BCUT2D eigenvalue weighted by molar-refractivity contribution is -0.178. The topological polar surface area (TPSA) is 55.4 Å². The van der Waals surface area contributed by atoms with Crippen LogP contribution in [0.4, 0.5) is 13.2 Å². The number of esters is 1. The summed E-state index contributed by atoms with van der Waals surface area (Å²) in [5.41, 5.74) is -0.647. The molecule has 4 nitrogen and oxygen atoms in total. The van der Waals surface area contributed by atoms with E-state index in [-0.39, 0.29) is 6.42 Å². The molecule has 0 aliphatic heterocycles. The molecule has 7 heteroatoms. The molecule has 2 atom stereocenters. The van der Waals surface area contributed by atoms with Crippen LogP contribution in [0.5, 0.6) is 0 Å². The summed E-state index contributed by atoms with van der Waals surface area (Å²) in [5.74, 6) is -2.67. The van der Waals surface area contributed by atoms with Crippen LogP contribution in [-0.2, 0) is 15.1 Å². The van der Waals surface area contributed by atoms with E-state index in [0.29, 0.717) is 30.4 Å². The first-order valence-corrected chi connectivity index (χ1v) is 9.04. The van der Waals surface area contributed by atoms with Gasteiger partial charge in [-0.05, 0) is 37.0 Å². The number of ether oxygens (including phenoxy) is 1. The lowest BCUT2D eigenvalue weighted by Crippen LogP contribution is -2.59. The Kier molecular flexibility index (Phi) is 5.72. The highest BCUT2D eigenvalue weighted by molar-refractivity contribution is 5.89. The highest BCUT2D eigenvalue weighted by atomic mass is 19.4. The van der Waals surface area contributed by atoms with Gasteiger partial charge in [0, 0.05) is 0 Å². The second kappa shape index (κ2) is 8.04. The quantitative estimate of drug-likeness (QED) is 0.788. The molecular weight excluding hydrogens is 371 g/mol. The number of nitrogens with one attached hydrogen (secondary N) is 1. The molecule has 0 saturated heterocycles. The maximum absolute atomic E-state index is 13.0. The fourth-order valence-electron chi connectivity index (χ4n) is 3.63. The van der Waals surface area contributed by atoms with Crippen molar-refractivity contribution in [2.24, 2.45) is 0 Å². The normalized spacial score (nSPS) is 22.3. The second-order valence-corrected chi connectivity index (χ2v) is 6.80. The van der Waals surface area contributed by atoms with Gasteiger partial charge in [0.25, 0.3) is 0 Å². The molecule has 2 aromatic carbocycles. The Hall–Kier alpha value is -2.83. The first-order chi connectivity index (χ1) is 13.3. The van der Waals surface area contributed by atoms with Gasteiger partial charge in [-0.1, -0.05) is 55.0 Å². The summed E-state index contributed by atoms with van der Waals surface area (Å²) < 4.78 is 44.7. The van der Waals surface area contributed by atoms with Crippen molar-refractivity contribution in [3.05, 3.63) is 71.8 Å². The zero-order valence-corrected chi connectivity index (χ0v) is 15.0. The number of rotatable bonds is 4. The van der Waals surface area contributed by atoms with Gasteiger partial charge in [-0.15, -0.1) is 0 Å². The fraction of sp³-hybridized carbons (Fsp3) is 0.333. The third-order valence-corrected chi connectivity index (χ3v) is 4.98. The molecule has 1 saturated carbocycles. The number of hydrogen-bond acceptors (Lipinski definition) is 3. The van der Waals surface area contributed by atoms with E-state index in [4.69, 9.17) is 4.74 Å². The van der Waals surface area contributed by atoms with E-state index >= 15 is 0 Å². The van der Waals surface area contributed by atoms with Gasteiger partial charge >= 0.3 is 18.1 Å². The Labute approximate surface area is 160 Å². The van der Waals surface area contributed by atoms with E-state index in [1.54, 1.807) is 60.7 Å². The van der Waals surface area contributed by atoms with Gasteiger partial charge in [-0.2, -0.15) is 13.2 Å². The molecule has 0 radical (unpaired) electrons. The van der Waals surface area contributed by atoms with E-state index in [1.807, 2.05) is 0 Å². The molecule has 28 heavy (non-hydrogen) atoms. The van der Waals surface area contributed by atoms with Crippen LogP contribution in [0, 0.1) is 0 Å². The average molecular weight is 391 g/mol. The minimum Gasteiger partial charge on any atom is -0.456 e. The van der Waals surface area contributed by atoms with E-state index in [1.165, 1.54) is 0 Å². The number of alkyl halides is 3. The predicted octanol–water partition coefficient (Wildman–Crippen LogP) is 4.36. The first-order valence-electron chi connectivity index (χ1n) is 9.04. The Morgan fingerprint density at radius 1 is 0.964 bits per heavy atom. The molecule has 1 fully saturated rings. The van der Waals surface area contributed by atoms with Gasteiger partial charge < -0.3 is 10.1 Å². The average Bonchev–Trinajstić information content (AvgIpc) is 2.70. The SMILES string of the molecule is O=C(O[C@@H]1CCCC[C@@]1(NC(=O)C(F)(F)F)c1ccccc1)c1ccccc1. The first kappa shape index (κ1) is 19.9. The van der Waals surface area contributed by atoms with E-state index in [0.717, 1.165) is 0 Å². The minimum absolute atomic E-state index is 0.242. The van der Waals surface area contributed by atoms with Crippen LogP contribution in [-0.4, -0.2) is 24.2 Å². The fourth-order valence-corrected chi connectivity index (χ4v) is 3.63. The Bertz CT molecular complexity index is 824. The highest BCUT2D eigenvalue weighted by Crippen LogP contribution is 2.40. The molecule has 2 aromatic rings. The van der Waals surface area contributed by atoms with E-state index in [9.17, 15) is 22.8 Å². The van der Waals surface area contributed by atoms with Crippen molar-refractivity contribution in [1.29, 1.82) is 0 Å². The summed E-state index contributed by atoms with van der Waals surface area (Å²) in [6, 6.07) is 16.6. The van der Waals surface area contributed by atoms with Crippen molar-refractivity contribution in [2.75, 3.05) is 0 Å². The van der Waals surface area contributed by atoms with Crippen molar-refractivity contribution < 1.29 is 27.5 Å². The molecule has 1 N–H and O–H groups in total. The van der Waals surface area contributed by atoms with Crippen molar-refractivity contribution in [3.8, 4) is 0 Å². The van der Waals surface area contributed by atoms with Gasteiger partial charge in [0.1, 0.15) is 11.6 Å². The number of halogens is 3. The van der Waals surface area contributed by atoms with Crippen LogP contribution < -0.4 is 5.32 Å². The van der Waals surface area contributed by atoms with Crippen LogP contribution in [0.25, 0.3) is 0 Å². The predicted molar refractivity (Wildman–Crippen MR) is 96.4 cm³/mol. The van der Waals surface area contributed by atoms with Gasteiger partial charge in [0.2, 0.25) is 0 Å². The summed E-state index contributed by atoms with van der Waals surface area (Å²) in [6.45, 7) is 0. The zero-order chi connectivity index (χ0) is 20.2. The van der Waals surface area contributed by atoms with Gasteiger partial charge in [-0.3, -0.25) is 4.79 Å². The summed E-state index contributed by atoms with van der Waals surface area (Å²) in [5, 5.41) is 2.15. The Balaban J connectivity index is 1.97. The standard InChI is InChI=1S/C21H20F3NO3/c22-21(23,24)19(27)25-20(16-11-5-2-6-12-16)14-8-7-13-17(20)28-18(26)15-9-3-1-4-10-15/h1-6,9-12,17H,7-8,13-14H2,(H,25,27)/t17-,20-/m1/s1. The lowest BCUT2D eigenvalue weighted by atomic mass is 9.74. The molecule has 0 aromatic heterocycles. The lowest BCUT2D eigenvalue weighted by Gasteiger charge is -2.44. The van der Waals surface area contributed by atoms with Gasteiger partial charge in [-0.25, -0.2) is 4.79 Å². The molecule has 1 aliphatic carbocycles. The number of amides is 1. The van der Waals surface area contributed by atoms with Crippen molar-refractivity contribution in [2.45, 2.75) is 43.5 Å². The van der Waals surface area contributed by atoms with Gasteiger partial charge in [0.15, 0.2) is 0 Å². The summed E-state index contributed by atoms with van der Waals surface area (Å²) in [6.07, 6.45) is -4.07. The van der Waals surface area contributed by atoms with Crippen LogP contribution in [0.15, 0.2) is 60.7 Å². The third kappa shape index (κ3) is 4.18. The molecule has 0 spiro atoms. The maximum atomic E-state index is 13.0. The van der Waals surface area contributed by atoms with Crippen molar-refractivity contribution in [3.63, 3.8) is 0 Å². The molecule has 1 aliphatic rings. The largest absolute Gasteiger partial charge is 0.471 e. The summed E-state index contributed by atoms with van der Waals surface area (Å²) in [7, 11) is 0. The summed E-state index contributed by atoms with van der Waals surface area (Å²) in [4.78, 5) is 24.4. The van der Waals surface area contributed by atoms with E-state index in [2.05, 4.69) is 5.32 Å². The number of carbonyl (C=O) groups is 2. The molecule has 3 rings (SSSR count). The summed E-state index contributed by atoms with van der Waals surface area (Å²) >= 11 is 0. The molecular formula is C21H20F3NO3. The number of benzene rings is 2. The number of carbonyl (C=O) groups excluding carboxylic acids is 2. The molecule has 0 bridgehead atoms. The highest BCUT2D eigenvalue weighted by Gasteiger charge is 2.50. The minimum atomic E-state index is -5.03. The molecule has 0 heterocycles. The van der Waals surface area contributed by atoms with Crippen LogP contribution in [0.2, 0.25) is 0 Å². The van der Waals surface area contributed by atoms with Crippen LogP contribution in [0.3, 0.4) is 0 Å². The molecule has 1 amide bonds. The zero-order valence-electron chi connectivity index (χ0n) is 15.0. The Morgan fingerprint density at radius 3 is 2.18 bits per heavy atom. The molecule has 148 valence electrons. The van der Waals surface area contributed by atoms with Crippen molar-refractivity contribution >= 4 is 11.9 Å². The molecule has 0 unspecified atom stereocenters. The van der Waals surface area contributed by atoms with Gasteiger partial charge in [0.05, 0.1) is 5.56 Å². The second-order valence-electron chi connectivity index (χ2n) is 6.80. The van der Waals surface area contributed by atoms with E-state index < -0.39 is 29.7 Å². The number of hydrogen-bond donors (Lipinski definition) is 1. The third-order valence-electron chi connectivity index (χ3n) is 4.98.